The van der Waals surface area contributed by atoms with Crippen molar-refractivity contribution < 1.29 is 29.0 Å². The number of carbonyl (C=O) groups is 3. The van der Waals surface area contributed by atoms with Crippen LogP contribution in [0.2, 0.25) is 0 Å². The smallest absolute Gasteiger partial charge is 0.410 e. The van der Waals surface area contributed by atoms with Crippen molar-refractivity contribution in [3.63, 3.8) is 0 Å². The molecular formula is C20H34N2O6. The van der Waals surface area contributed by atoms with Gasteiger partial charge in [-0.05, 0) is 51.9 Å². The van der Waals surface area contributed by atoms with Gasteiger partial charge >= 0.3 is 12.1 Å². The van der Waals surface area contributed by atoms with Crippen molar-refractivity contribution in [1.82, 2.24) is 9.80 Å². The summed E-state index contributed by atoms with van der Waals surface area (Å²) < 4.78 is 10.3. The lowest BCUT2D eigenvalue weighted by molar-refractivity contribution is -0.156. The van der Waals surface area contributed by atoms with Crippen molar-refractivity contribution >= 4 is 18.0 Å². The number of ether oxygens (including phenoxy) is 2. The van der Waals surface area contributed by atoms with E-state index in [2.05, 4.69) is 0 Å². The molecule has 0 spiro atoms. The van der Waals surface area contributed by atoms with E-state index in [-0.39, 0.29) is 18.4 Å². The van der Waals surface area contributed by atoms with Crippen molar-refractivity contribution in [3.05, 3.63) is 0 Å². The van der Waals surface area contributed by atoms with Crippen LogP contribution in [0, 0.1) is 17.8 Å². The molecule has 1 aliphatic heterocycles. The fourth-order valence-electron chi connectivity index (χ4n) is 4.04. The van der Waals surface area contributed by atoms with Gasteiger partial charge in [0.15, 0.2) is 0 Å². The molecule has 0 radical (unpaired) electrons. The number of likely N-dealkylation sites (N-methyl/N-ethyl adjacent to an activating group) is 1. The highest BCUT2D eigenvalue weighted by Crippen LogP contribution is 2.40. The van der Waals surface area contributed by atoms with Gasteiger partial charge in [-0.25, -0.2) is 9.59 Å². The van der Waals surface area contributed by atoms with E-state index >= 15 is 0 Å². The van der Waals surface area contributed by atoms with Crippen LogP contribution in [0.3, 0.4) is 0 Å². The monoisotopic (exact) mass is 398 g/mol. The maximum Gasteiger partial charge on any atom is 0.410 e. The number of rotatable bonds is 6. The van der Waals surface area contributed by atoms with Crippen LogP contribution < -0.4 is 0 Å². The molecule has 1 saturated carbocycles. The molecule has 1 aliphatic carbocycles. The average Bonchev–Trinajstić information content (AvgIpc) is 3.37. The minimum atomic E-state index is -0.667. The molecule has 1 unspecified atom stereocenters. The lowest BCUT2D eigenvalue weighted by Crippen LogP contribution is -2.52. The Kier molecular flexibility index (Phi) is 6.96. The standard InChI is InChI=1S/C20H34N2O6/c1-12(13-7-8-13)16(18(25)27-6)21(5)17(24)14-9-10-22(15(14)11-23)19(26)28-20(2,3)4/h12-16,23H,7-11H2,1-6H3/t12?,14-,15+,16-/m0/s1. The van der Waals surface area contributed by atoms with E-state index in [1.54, 1.807) is 27.8 Å². The molecule has 2 rings (SSSR count). The summed E-state index contributed by atoms with van der Waals surface area (Å²) in [5.74, 6) is -0.862. The molecule has 8 nitrogen and oxygen atoms in total. The molecule has 160 valence electrons. The molecule has 4 atom stereocenters. The van der Waals surface area contributed by atoms with Gasteiger partial charge in [0.05, 0.1) is 25.7 Å². The zero-order valence-electron chi connectivity index (χ0n) is 17.8. The van der Waals surface area contributed by atoms with E-state index in [1.165, 1.54) is 16.9 Å². The van der Waals surface area contributed by atoms with Gasteiger partial charge in [-0.2, -0.15) is 0 Å². The highest BCUT2D eigenvalue weighted by Gasteiger charge is 2.47. The molecular weight excluding hydrogens is 364 g/mol. The van der Waals surface area contributed by atoms with E-state index in [4.69, 9.17) is 9.47 Å². The molecule has 28 heavy (non-hydrogen) atoms. The normalized spacial score (nSPS) is 24.5. The minimum Gasteiger partial charge on any atom is -0.467 e. The third kappa shape index (κ3) is 4.96. The maximum atomic E-state index is 13.2. The molecule has 0 aromatic carbocycles. The third-order valence-electron chi connectivity index (χ3n) is 5.75. The molecule has 1 heterocycles. The first kappa shape index (κ1) is 22.5. The summed E-state index contributed by atoms with van der Waals surface area (Å²) in [6.45, 7) is 7.26. The predicted octanol–water partition coefficient (Wildman–Crippen LogP) is 1.65. The third-order valence-corrected chi connectivity index (χ3v) is 5.75. The van der Waals surface area contributed by atoms with E-state index in [9.17, 15) is 19.5 Å². The van der Waals surface area contributed by atoms with Crippen LogP contribution in [-0.4, -0.2) is 77.9 Å². The zero-order chi connectivity index (χ0) is 21.2. The highest BCUT2D eigenvalue weighted by atomic mass is 16.6. The second kappa shape index (κ2) is 8.68. The Hall–Kier alpha value is -1.83. The van der Waals surface area contributed by atoms with Crippen LogP contribution in [0.1, 0.15) is 47.0 Å². The van der Waals surface area contributed by atoms with Gasteiger partial charge in [0, 0.05) is 13.6 Å². The lowest BCUT2D eigenvalue weighted by atomic mass is 9.92. The summed E-state index contributed by atoms with van der Waals surface area (Å²) >= 11 is 0. The molecule has 0 aromatic rings. The van der Waals surface area contributed by atoms with Gasteiger partial charge < -0.3 is 24.4 Å². The Labute approximate surface area is 167 Å². The van der Waals surface area contributed by atoms with Gasteiger partial charge in [-0.3, -0.25) is 4.79 Å². The highest BCUT2D eigenvalue weighted by molar-refractivity contribution is 5.87. The molecule has 2 amide bonds. The second-order valence-electron chi connectivity index (χ2n) is 8.93. The van der Waals surface area contributed by atoms with Crippen LogP contribution >= 0.6 is 0 Å². The van der Waals surface area contributed by atoms with Crippen molar-refractivity contribution in [3.8, 4) is 0 Å². The SMILES string of the molecule is COC(=O)[C@H](C(C)C1CC1)N(C)C(=O)[C@H]1CCN(C(=O)OC(C)(C)C)[C@@H]1CO. The Morgan fingerprint density at radius 1 is 1.21 bits per heavy atom. The average molecular weight is 399 g/mol. The van der Waals surface area contributed by atoms with Crippen molar-refractivity contribution in [2.75, 3.05) is 27.3 Å². The van der Waals surface area contributed by atoms with Crippen LogP contribution in [0.15, 0.2) is 0 Å². The van der Waals surface area contributed by atoms with Crippen LogP contribution in [-0.2, 0) is 19.1 Å². The minimum absolute atomic E-state index is 0.00246. The van der Waals surface area contributed by atoms with E-state index in [1.807, 2.05) is 6.92 Å². The summed E-state index contributed by atoms with van der Waals surface area (Å²) in [4.78, 5) is 40.9. The Balaban J connectivity index is 2.14. The number of aliphatic hydroxyl groups is 1. The Morgan fingerprint density at radius 2 is 1.82 bits per heavy atom. The van der Waals surface area contributed by atoms with Crippen LogP contribution in [0.25, 0.3) is 0 Å². The summed E-state index contributed by atoms with van der Waals surface area (Å²) in [5, 5.41) is 9.87. The predicted molar refractivity (Wildman–Crippen MR) is 102 cm³/mol. The fourth-order valence-corrected chi connectivity index (χ4v) is 4.04. The van der Waals surface area contributed by atoms with E-state index in [0.717, 1.165) is 12.8 Å². The van der Waals surface area contributed by atoms with Crippen LogP contribution in [0.5, 0.6) is 0 Å². The van der Waals surface area contributed by atoms with Crippen molar-refractivity contribution in [2.45, 2.75) is 64.6 Å². The molecule has 0 bridgehead atoms. The first-order chi connectivity index (χ1) is 13.0. The summed E-state index contributed by atoms with van der Waals surface area (Å²) in [6.07, 6.45) is 1.97. The number of likely N-dealkylation sites (tertiary alicyclic amines) is 1. The topological polar surface area (TPSA) is 96.4 Å². The second-order valence-corrected chi connectivity index (χ2v) is 8.93. The molecule has 8 heteroatoms. The Morgan fingerprint density at radius 3 is 2.29 bits per heavy atom. The summed E-state index contributed by atoms with van der Waals surface area (Å²) in [7, 11) is 2.93. The number of methoxy groups -OCH3 is 1. The van der Waals surface area contributed by atoms with Gasteiger partial charge in [-0.15, -0.1) is 0 Å². The maximum absolute atomic E-state index is 13.2. The van der Waals surface area contributed by atoms with Gasteiger partial charge in [0.1, 0.15) is 11.6 Å². The number of esters is 1. The molecule has 1 saturated heterocycles. The quantitative estimate of drug-likeness (QED) is 0.684. The summed E-state index contributed by atoms with van der Waals surface area (Å²) in [6, 6.07) is -1.33. The molecule has 2 aliphatic rings. The van der Waals surface area contributed by atoms with Gasteiger partial charge in [0.25, 0.3) is 0 Å². The molecule has 0 aromatic heterocycles. The number of nitrogens with zero attached hydrogens (tertiary/aromatic N) is 2. The Bertz CT molecular complexity index is 598. The largest absolute Gasteiger partial charge is 0.467 e. The zero-order valence-corrected chi connectivity index (χ0v) is 17.8. The van der Waals surface area contributed by atoms with Crippen molar-refractivity contribution in [2.24, 2.45) is 17.8 Å². The first-order valence-electron chi connectivity index (χ1n) is 9.96. The lowest BCUT2D eigenvalue weighted by Gasteiger charge is -2.34. The molecule has 1 N–H and O–H groups in total. The van der Waals surface area contributed by atoms with E-state index < -0.39 is 35.7 Å². The van der Waals surface area contributed by atoms with E-state index in [0.29, 0.717) is 18.9 Å². The first-order valence-corrected chi connectivity index (χ1v) is 9.96. The van der Waals surface area contributed by atoms with Gasteiger partial charge in [-0.1, -0.05) is 6.92 Å². The number of amides is 2. The van der Waals surface area contributed by atoms with Crippen LogP contribution in [0.4, 0.5) is 4.79 Å². The fraction of sp³-hybridized carbons (Fsp3) is 0.850. The number of aliphatic hydroxyl groups excluding tert-OH is 1. The van der Waals surface area contributed by atoms with Crippen molar-refractivity contribution in [1.29, 1.82) is 0 Å². The van der Waals surface area contributed by atoms with Gasteiger partial charge in [0.2, 0.25) is 5.91 Å². The molecule has 2 fully saturated rings. The number of carbonyl (C=O) groups excluding carboxylic acids is 3. The summed E-state index contributed by atoms with van der Waals surface area (Å²) in [5.41, 5.74) is -0.661. The number of hydrogen-bond acceptors (Lipinski definition) is 6. The number of hydrogen-bond donors (Lipinski definition) is 1.